The van der Waals surface area contributed by atoms with Crippen LogP contribution in [0.15, 0.2) is 55.1 Å². The fourth-order valence-corrected chi connectivity index (χ4v) is 4.26. The molecule has 0 fully saturated rings. The summed E-state index contributed by atoms with van der Waals surface area (Å²) >= 11 is 6.43. The number of halogens is 2. The lowest BCUT2D eigenvalue weighted by Crippen LogP contribution is -2.03. The molecule has 0 heterocycles. The highest BCUT2D eigenvalue weighted by molar-refractivity contribution is 9.11. The van der Waals surface area contributed by atoms with Gasteiger partial charge in [0.1, 0.15) is 16.7 Å². The monoisotopic (exact) mass is 455 g/mol. The number of phenolic OH excluding ortho intramolecular Hbond substituents is 1. The van der Waals surface area contributed by atoms with Gasteiger partial charge in [0.25, 0.3) is 0 Å². The minimum absolute atomic E-state index is 0.0319. The fraction of sp³-hybridized carbons (Fsp3) is 0.0625. The molecule has 23 heavy (non-hydrogen) atoms. The summed E-state index contributed by atoms with van der Waals surface area (Å²) in [7, 11) is -3.95. The second-order valence-electron chi connectivity index (χ2n) is 4.76. The average molecular weight is 457 g/mol. The molecule has 0 bridgehead atoms. The molecule has 0 aromatic heterocycles. The van der Waals surface area contributed by atoms with E-state index in [4.69, 9.17) is 0 Å². The van der Waals surface area contributed by atoms with Crippen molar-refractivity contribution in [3.8, 4) is 11.8 Å². The highest BCUT2D eigenvalue weighted by atomic mass is 79.9. The van der Waals surface area contributed by atoms with Gasteiger partial charge in [0.05, 0.1) is 9.37 Å². The zero-order valence-electron chi connectivity index (χ0n) is 11.9. The Hall–Kier alpha value is -1.62. The van der Waals surface area contributed by atoms with Crippen LogP contribution in [0.2, 0.25) is 0 Å². The van der Waals surface area contributed by atoms with Gasteiger partial charge in [-0.2, -0.15) is 5.26 Å². The van der Waals surface area contributed by atoms with E-state index in [1.54, 1.807) is 24.3 Å². The van der Waals surface area contributed by atoms with E-state index in [1.807, 2.05) is 6.92 Å². The zero-order chi connectivity index (χ0) is 17.2. The van der Waals surface area contributed by atoms with Crippen molar-refractivity contribution in [1.29, 1.82) is 5.26 Å². The summed E-state index contributed by atoms with van der Waals surface area (Å²) in [5.74, 6) is -0.139. The van der Waals surface area contributed by atoms with Crippen LogP contribution in [-0.2, 0) is 9.84 Å². The van der Waals surface area contributed by atoms with Gasteiger partial charge in [-0.1, -0.05) is 33.6 Å². The summed E-state index contributed by atoms with van der Waals surface area (Å²) in [6.45, 7) is 1.84. The van der Waals surface area contributed by atoms with Crippen molar-refractivity contribution >= 4 is 47.8 Å². The summed E-state index contributed by atoms with van der Waals surface area (Å²) in [6.07, 6.45) is 1.15. The van der Waals surface area contributed by atoms with Crippen molar-refractivity contribution < 1.29 is 13.5 Å². The third-order valence-corrected chi connectivity index (χ3v) is 5.82. The molecule has 0 aliphatic carbocycles. The van der Waals surface area contributed by atoms with Crippen LogP contribution < -0.4 is 0 Å². The molecule has 1 N–H and O–H groups in total. The standard InChI is InChI=1S/C16H11Br2NO3S/c1-10-2-4-13(5-3-10)23(21,22)14(9-19)7-11-6-12(17)8-15(18)16(11)20/h2-8,20H,1H3. The van der Waals surface area contributed by atoms with Gasteiger partial charge in [-0.3, -0.25) is 0 Å². The number of nitriles is 1. The molecule has 7 heteroatoms. The third kappa shape index (κ3) is 3.83. The van der Waals surface area contributed by atoms with E-state index < -0.39 is 14.7 Å². The molecule has 0 saturated carbocycles. The highest BCUT2D eigenvalue weighted by Crippen LogP contribution is 2.34. The van der Waals surface area contributed by atoms with E-state index in [0.717, 1.165) is 11.6 Å². The van der Waals surface area contributed by atoms with E-state index in [0.29, 0.717) is 8.95 Å². The van der Waals surface area contributed by atoms with Crippen LogP contribution in [0.5, 0.6) is 5.75 Å². The van der Waals surface area contributed by atoms with Crippen LogP contribution in [0.4, 0.5) is 0 Å². The van der Waals surface area contributed by atoms with Gasteiger partial charge in [0, 0.05) is 10.0 Å². The Balaban J connectivity index is 2.60. The zero-order valence-corrected chi connectivity index (χ0v) is 15.9. The highest BCUT2D eigenvalue weighted by Gasteiger charge is 2.21. The predicted molar refractivity (Wildman–Crippen MR) is 95.5 cm³/mol. The summed E-state index contributed by atoms with van der Waals surface area (Å²) in [5, 5.41) is 19.3. The lowest BCUT2D eigenvalue weighted by molar-refractivity contribution is 0.470. The van der Waals surface area contributed by atoms with Crippen LogP contribution in [0, 0.1) is 18.3 Å². The van der Waals surface area contributed by atoms with Gasteiger partial charge in [0.15, 0.2) is 0 Å². The van der Waals surface area contributed by atoms with Crippen molar-refractivity contribution in [2.24, 2.45) is 0 Å². The molecule has 2 aromatic carbocycles. The molecule has 2 rings (SSSR count). The van der Waals surface area contributed by atoms with E-state index >= 15 is 0 Å². The maximum atomic E-state index is 12.6. The van der Waals surface area contributed by atoms with Crippen LogP contribution in [0.3, 0.4) is 0 Å². The molecular weight excluding hydrogens is 446 g/mol. The maximum absolute atomic E-state index is 12.6. The smallest absolute Gasteiger partial charge is 0.216 e. The Labute approximate surface area is 151 Å². The summed E-state index contributed by atoms with van der Waals surface area (Å²) < 4.78 is 26.2. The van der Waals surface area contributed by atoms with Crippen molar-refractivity contribution in [3.63, 3.8) is 0 Å². The Morgan fingerprint density at radius 2 is 1.83 bits per heavy atom. The second-order valence-corrected chi connectivity index (χ2v) is 8.45. The van der Waals surface area contributed by atoms with Crippen LogP contribution >= 0.6 is 31.9 Å². The number of benzene rings is 2. The molecule has 0 unspecified atom stereocenters. The SMILES string of the molecule is Cc1ccc(S(=O)(=O)C(C#N)=Cc2cc(Br)cc(Br)c2O)cc1. The Bertz CT molecular complexity index is 927. The predicted octanol–water partition coefficient (Wildman–Crippen LogP) is 4.56. The van der Waals surface area contributed by atoms with Gasteiger partial charge in [-0.05, 0) is 53.2 Å². The lowest BCUT2D eigenvalue weighted by atomic mass is 10.2. The average Bonchev–Trinajstić information content (AvgIpc) is 2.49. The van der Waals surface area contributed by atoms with E-state index in [-0.39, 0.29) is 16.2 Å². The Morgan fingerprint density at radius 3 is 2.39 bits per heavy atom. The normalized spacial score (nSPS) is 12.0. The van der Waals surface area contributed by atoms with E-state index in [9.17, 15) is 18.8 Å². The first-order chi connectivity index (χ1) is 10.8. The van der Waals surface area contributed by atoms with Crippen LogP contribution in [0.25, 0.3) is 6.08 Å². The molecule has 0 amide bonds. The number of aromatic hydroxyl groups is 1. The number of sulfone groups is 1. The number of rotatable bonds is 3. The molecule has 2 aromatic rings. The number of hydrogen-bond acceptors (Lipinski definition) is 4. The molecule has 0 saturated heterocycles. The minimum atomic E-state index is -3.95. The molecule has 0 atom stereocenters. The molecule has 0 aliphatic rings. The van der Waals surface area contributed by atoms with E-state index in [2.05, 4.69) is 31.9 Å². The van der Waals surface area contributed by atoms with Crippen LogP contribution in [0.1, 0.15) is 11.1 Å². The minimum Gasteiger partial charge on any atom is -0.506 e. The molecule has 0 spiro atoms. The quantitative estimate of drug-likeness (QED) is 0.686. The summed E-state index contributed by atoms with van der Waals surface area (Å²) in [6, 6.07) is 11.1. The van der Waals surface area contributed by atoms with Crippen molar-refractivity contribution in [3.05, 3.63) is 61.4 Å². The molecule has 4 nitrogen and oxygen atoms in total. The number of phenols is 1. The van der Waals surface area contributed by atoms with Gasteiger partial charge in [-0.25, -0.2) is 8.42 Å². The molecule has 0 radical (unpaired) electrons. The second kappa shape index (κ2) is 6.87. The van der Waals surface area contributed by atoms with Gasteiger partial charge >= 0.3 is 0 Å². The third-order valence-electron chi connectivity index (χ3n) is 3.08. The van der Waals surface area contributed by atoms with Gasteiger partial charge in [-0.15, -0.1) is 0 Å². The molecule has 0 aliphatic heterocycles. The largest absolute Gasteiger partial charge is 0.506 e. The number of allylic oxidation sites excluding steroid dienone is 1. The maximum Gasteiger partial charge on any atom is 0.216 e. The van der Waals surface area contributed by atoms with Crippen molar-refractivity contribution in [1.82, 2.24) is 0 Å². The molecule has 118 valence electrons. The van der Waals surface area contributed by atoms with Gasteiger partial charge in [0.2, 0.25) is 9.84 Å². The lowest BCUT2D eigenvalue weighted by Gasteiger charge is -2.06. The van der Waals surface area contributed by atoms with Gasteiger partial charge < -0.3 is 5.11 Å². The number of hydrogen-bond donors (Lipinski definition) is 1. The Morgan fingerprint density at radius 1 is 1.22 bits per heavy atom. The van der Waals surface area contributed by atoms with Crippen molar-refractivity contribution in [2.45, 2.75) is 11.8 Å². The van der Waals surface area contributed by atoms with E-state index in [1.165, 1.54) is 18.2 Å². The van der Waals surface area contributed by atoms with Crippen LogP contribution in [-0.4, -0.2) is 13.5 Å². The fourth-order valence-electron chi connectivity index (χ4n) is 1.85. The first-order valence-electron chi connectivity index (χ1n) is 6.37. The van der Waals surface area contributed by atoms with Crippen molar-refractivity contribution in [2.75, 3.05) is 0 Å². The number of nitrogens with zero attached hydrogens (tertiary/aromatic N) is 1. The Kier molecular flexibility index (Phi) is 5.30. The topological polar surface area (TPSA) is 78.2 Å². The number of aryl methyl sites for hydroxylation is 1. The molecular formula is C16H11Br2NO3S. The summed E-state index contributed by atoms with van der Waals surface area (Å²) in [4.78, 5) is -0.411. The first kappa shape index (κ1) is 17.7. The first-order valence-corrected chi connectivity index (χ1v) is 9.44. The summed E-state index contributed by atoms with van der Waals surface area (Å²) in [5.41, 5.74) is 1.14.